The standard InChI is InChI=1S/C14H21Cl2N3O2/c1-9(20)8-19(2)5-3-4-13(21)18-14-11(15)6-10(17)7-12(14)16/h6-7,9,20H,3-5,8,17H2,1-2H3,(H,18,21). The van der Waals surface area contributed by atoms with Crippen LogP contribution in [0.1, 0.15) is 19.8 Å². The first kappa shape index (κ1) is 18.0. The van der Waals surface area contributed by atoms with Gasteiger partial charge in [-0.3, -0.25) is 4.79 Å². The number of hydrogen-bond acceptors (Lipinski definition) is 4. The average molecular weight is 334 g/mol. The highest BCUT2D eigenvalue weighted by atomic mass is 35.5. The summed E-state index contributed by atoms with van der Waals surface area (Å²) >= 11 is 12.0. The smallest absolute Gasteiger partial charge is 0.224 e. The molecule has 4 N–H and O–H groups in total. The Balaban J connectivity index is 2.44. The van der Waals surface area contributed by atoms with Gasteiger partial charge >= 0.3 is 0 Å². The Morgan fingerprint density at radius 1 is 1.43 bits per heavy atom. The molecule has 1 aromatic carbocycles. The molecule has 0 aliphatic heterocycles. The quantitative estimate of drug-likeness (QED) is 0.670. The van der Waals surface area contributed by atoms with E-state index in [4.69, 9.17) is 28.9 Å². The molecule has 0 radical (unpaired) electrons. The van der Waals surface area contributed by atoms with Crippen LogP contribution in [-0.2, 0) is 4.79 Å². The van der Waals surface area contributed by atoms with Crippen LogP contribution in [0.4, 0.5) is 11.4 Å². The van der Waals surface area contributed by atoms with Crippen LogP contribution in [0, 0.1) is 0 Å². The molecule has 118 valence electrons. The number of anilines is 2. The van der Waals surface area contributed by atoms with Crippen molar-refractivity contribution >= 4 is 40.5 Å². The fourth-order valence-corrected chi connectivity index (χ4v) is 2.56. The molecular weight excluding hydrogens is 313 g/mol. The molecule has 0 aliphatic rings. The second-order valence-electron chi connectivity index (χ2n) is 5.12. The molecule has 1 atom stereocenters. The molecule has 1 aromatic rings. The van der Waals surface area contributed by atoms with Crippen LogP contribution in [0.2, 0.25) is 10.0 Å². The summed E-state index contributed by atoms with van der Waals surface area (Å²) < 4.78 is 0. The molecule has 1 rings (SSSR count). The monoisotopic (exact) mass is 333 g/mol. The molecule has 5 nitrogen and oxygen atoms in total. The average Bonchev–Trinajstić information content (AvgIpc) is 2.32. The van der Waals surface area contributed by atoms with Gasteiger partial charge in [0, 0.05) is 18.7 Å². The van der Waals surface area contributed by atoms with Crippen molar-refractivity contribution in [3.63, 3.8) is 0 Å². The Labute approximate surface area is 135 Å². The summed E-state index contributed by atoms with van der Waals surface area (Å²) in [6.45, 7) is 3.03. The molecule has 0 saturated carbocycles. The van der Waals surface area contributed by atoms with E-state index in [1.54, 1.807) is 19.1 Å². The zero-order valence-electron chi connectivity index (χ0n) is 12.2. The van der Waals surface area contributed by atoms with Gasteiger partial charge < -0.3 is 21.1 Å². The zero-order chi connectivity index (χ0) is 16.0. The van der Waals surface area contributed by atoms with E-state index in [0.29, 0.717) is 40.8 Å². The van der Waals surface area contributed by atoms with Gasteiger partial charge in [0.25, 0.3) is 0 Å². The van der Waals surface area contributed by atoms with Crippen molar-refractivity contribution in [1.29, 1.82) is 0 Å². The largest absolute Gasteiger partial charge is 0.399 e. The lowest BCUT2D eigenvalue weighted by atomic mass is 10.2. The van der Waals surface area contributed by atoms with E-state index in [0.717, 1.165) is 6.54 Å². The number of rotatable bonds is 7. The first-order chi connectivity index (χ1) is 9.79. The van der Waals surface area contributed by atoms with Crippen LogP contribution >= 0.6 is 23.2 Å². The number of aliphatic hydroxyl groups excluding tert-OH is 1. The van der Waals surface area contributed by atoms with Crippen LogP contribution in [0.5, 0.6) is 0 Å². The van der Waals surface area contributed by atoms with Gasteiger partial charge in [-0.05, 0) is 39.1 Å². The van der Waals surface area contributed by atoms with Crippen LogP contribution in [0.3, 0.4) is 0 Å². The Bertz CT molecular complexity index is 472. The van der Waals surface area contributed by atoms with E-state index in [1.165, 1.54) is 0 Å². The number of carbonyl (C=O) groups is 1. The van der Waals surface area contributed by atoms with E-state index >= 15 is 0 Å². The molecule has 0 heterocycles. The van der Waals surface area contributed by atoms with E-state index in [1.807, 2.05) is 11.9 Å². The fraction of sp³-hybridized carbons (Fsp3) is 0.500. The second kappa shape index (κ2) is 8.44. The van der Waals surface area contributed by atoms with Gasteiger partial charge in [0.2, 0.25) is 5.91 Å². The summed E-state index contributed by atoms with van der Waals surface area (Å²) in [5.74, 6) is -0.158. The number of likely N-dealkylation sites (N-methyl/N-ethyl adjacent to an activating group) is 1. The highest BCUT2D eigenvalue weighted by Crippen LogP contribution is 2.32. The van der Waals surface area contributed by atoms with Crippen molar-refractivity contribution in [2.24, 2.45) is 0 Å². The third-order valence-corrected chi connectivity index (χ3v) is 3.44. The SMILES string of the molecule is CC(O)CN(C)CCCC(=O)Nc1c(Cl)cc(N)cc1Cl. The molecule has 1 amide bonds. The number of nitrogen functional groups attached to an aromatic ring is 1. The topological polar surface area (TPSA) is 78.6 Å². The predicted molar refractivity (Wildman–Crippen MR) is 87.9 cm³/mol. The highest BCUT2D eigenvalue weighted by Gasteiger charge is 2.11. The molecule has 0 bridgehead atoms. The van der Waals surface area contributed by atoms with Crippen molar-refractivity contribution in [3.05, 3.63) is 22.2 Å². The van der Waals surface area contributed by atoms with Crippen LogP contribution in [-0.4, -0.2) is 42.2 Å². The number of nitrogens with zero attached hydrogens (tertiary/aromatic N) is 1. The lowest BCUT2D eigenvalue weighted by Gasteiger charge is -2.18. The summed E-state index contributed by atoms with van der Waals surface area (Å²) in [5, 5.41) is 12.6. The summed E-state index contributed by atoms with van der Waals surface area (Å²) in [5.41, 5.74) is 6.44. The van der Waals surface area contributed by atoms with E-state index < -0.39 is 0 Å². The molecule has 21 heavy (non-hydrogen) atoms. The Morgan fingerprint density at radius 2 is 2.00 bits per heavy atom. The third kappa shape index (κ3) is 6.52. The van der Waals surface area contributed by atoms with Gasteiger partial charge in [-0.1, -0.05) is 23.2 Å². The normalized spacial score (nSPS) is 12.5. The van der Waals surface area contributed by atoms with Crippen molar-refractivity contribution in [3.8, 4) is 0 Å². The van der Waals surface area contributed by atoms with E-state index in [9.17, 15) is 9.90 Å². The van der Waals surface area contributed by atoms with Crippen molar-refractivity contribution in [1.82, 2.24) is 4.90 Å². The van der Waals surface area contributed by atoms with Crippen LogP contribution < -0.4 is 11.1 Å². The Hall–Kier alpha value is -1.01. The number of aliphatic hydroxyl groups is 1. The molecular formula is C14H21Cl2N3O2. The summed E-state index contributed by atoms with van der Waals surface area (Å²) in [6, 6.07) is 3.08. The zero-order valence-corrected chi connectivity index (χ0v) is 13.7. The number of amides is 1. The predicted octanol–water partition coefficient (Wildman–Crippen LogP) is 2.61. The maximum Gasteiger partial charge on any atom is 0.224 e. The number of hydrogen-bond donors (Lipinski definition) is 3. The Morgan fingerprint density at radius 3 is 2.52 bits per heavy atom. The second-order valence-corrected chi connectivity index (χ2v) is 5.94. The molecule has 7 heteroatoms. The number of nitrogens with two attached hydrogens (primary N) is 1. The van der Waals surface area contributed by atoms with Crippen LogP contribution in [0.15, 0.2) is 12.1 Å². The first-order valence-corrected chi connectivity index (χ1v) is 7.46. The number of nitrogens with one attached hydrogen (secondary N) is 1. The maximum atomic E-state index is 11.9. The molecule has 0 fully saturated rings. The molecule has 0 aromatic heterocycles. The molecule has 0 spiro atoms. The van der Waals surface area contributed by atoms with Crippen LogP contribution in [0.25, 0.3) is 0 Å². The molecule has 0 aliphatic carbocycles. The third-order valence-electron chi connectivity index (χ3n) is 2.85. The van der Waals surface area contributed by atoms with Crippen molar-refractivity contribution in [2.45, 2.75) is 25.9 Å². The minimum absolute atomic E-state index is 0.158. The minimum Gasteiger partial charge on any atom is -0.399 e. The summed E-state index contributed by atoms with van der Waals surface area (Å²) in [7, 11) is 1.90. The Kier molecular flexibility index (Phi) is 7.25. The van der Waals surface area contributed by atoms with E-state index in [-0.39, 0.29) is 12.0 Å². The van der Waals surface area contributed by atoms with Crippen molar-refractivity contribution < 1.29 is 9.90 Å². The number of halogens is 2. The summed E-state index contributed by atoms with van der Waals surface area (Å²) in [4.78, 5) is 13.9. The van der Waals surface area contributed by atoms with Gasteiger partial charge in [0.1, 0.15) is 0 Å². The highest BCUT2D eigenvalue weighted by molar-refractivity contribution is 6.40. The van der Waals surface area contributed by atoms with Gasteiger partial charge in [0.15, 0.2) is 0 Å². The lowest BCUT2D eigenvalue weighted by Crippen LogP contribution is -2.28. The molecule has 0 saturated heterocycles. The van der Waals surface area contributed by atoms with E-state index in [2.05, 4.69) is 5.32 Å². The number of benzene rings is 1. The first-order valence-electron chi connectivity index (χ1n) is 6.70. The summed E-state index contributed by atoms with van der Waals surface area (Å²) in [6.07, 6.45) is 0.650. The lowest BCUT2D eigenvalue weighted by molar-refractivity contribution is -0.116. The van der Waals surface area contributed by atoms with Gasteiger partial charge in [-0.15, -0.1) is 0 Å². The maximum absolute atomic E-state index is 11.9. The fourth-order valence-electron chi connectivity index (χ4n) is 1.97. The van der Waals surface area contributed by atoms with Gasteiger partial charge in [-0.2, -0.15) is 0 Å². The van der Waals surface area contributed by atoms with Gasteiger partial charge in [-0.25, -0.2) is 0 Å². The van der Waals surface area contributed by atoms with Gasteiger partial charge in [0.05, 0.1) is 21.8 Å². The molecule has 1 unspecified atom stereocenters. The number of carbonyl (C=O) groups excluding carboxylic acids is 1. The minimum atomic E-state index is -0.379. The van der Waals surface area contributed by atoms with Crippen molar-refractivity contribution in [2.75, 3.05) is 31.2 Å².